The molecule has 1 N–H and O–H groups in total. The Hall–Kier alpha value is -2.57. The van der Waals surface area contributed by atoms with Crippen LogP contribution in [0.15, 0.2) is 30.6 Å². The van der Waals surface area contributed by atoms with Crippen molar-refractivity contribution < 1.29 is 9.53 Å². The van der Waals surface area contributed by atoms with Gasteiger partial charge in [0.25, 0.3) is 0 Å². The van der Waals surface area contributed by atoms with Crippen molar-refractivity contribution in [2.75, 3.05) is 20.2 Å². The van der Waals surface area contributed by atoms with Crippen LogP contribution in [0.2, 0.25) is 0 Å². The van der Waals surface area contributed by atoms with Crippen LogP contribution < -0.4 is 10.1 Å². The molecular formula is C16H23N5O2. The molecule has 0 radical (unpaired) electrons. The number of carbonyl (C=O) groups is 1. The summed E-state index contributed by atoms with van der Waals surface area (Å²) in [6, 6.07) is 7.43. The topological polar surface area (TPSA) is 72.3 Å². The van der Waals surface area contributed by atoms with Crippen molar-refractivity contribution in [3.05, 3.63) is 42.0 Å². The Balaban J connectivity index is 1.79. The van der Waals surface area contributed by atoms with E-state index in [4.69, 9.17) is 4.74 Å². The summed E-state index contributed by atoms with van der Waals surface area (Å²) in [5.41, 5.74) is 1.08. The molecule has 1 aromatic heterocycles. The molecule has 7 heteroatoms. The minimum Gasteiger partial charge on any atom is -0.491 e. The van der Waals surface area contributed by atoms with E-state index >= 15 is 0 Å². The van der Waals surface area contributed by atoms with Gasteiger partial charge >= 0.3 is 6.03 Å². The molecule has 7 nitrogen and oxygen atoms in total. The molecular weight excluding hydrogens is 294 g/mol. The van der Waals surface area contributed by atoms with E-state index in [-0.39, 0.29) is 12.1 Å². The first-order valence-corrected chi connectivity index (χ1v) is 7.53. The SMILES string of the molecule is Cc1ccccc1OCCN(C)C(=O)NC(C)c1nncn1C. The summed E-state index contributed by atoms with van der Waals surface area (Å²) in [7, 11) is 3.58. The maximum Gasteiger partial charge on any atom is 0.317 e. The number of hydrogen-bond acceptors (Lipinski definition) is 4. The van der Waals surface area contributed by atoms with E-state index in [1.165, 1.54) is 0 Å². The number of urea groups is 1. The van der Waals surface area contributed by atoms with Crippen LogP contribution in [0, 0.1) is 6.92 Å². The van der Waals surface area contributed by atoms with Crippen LogP contribution in [-0.2, 0) is 7.05 Å². The molecule has 0 aliphatic rings. The van der Waals surface area contributed by atoms with Crippen LogP contribution in [0.1, 0.15) is 24.4 Å². The zero-order valence-electron chi connectivity index (χ0n) is 14.0. The highest BCUT2D eigenvalue weighted by atomic mass is 16.5. The molecule has 1 atom stereocenters. The molecule has 1 heterocycles. The molecule has 0 aliphatic carbocycles. The molecule has 0 bridgehead atoms. The average Bonchev–Trinajstić information content (AvgIpc) is 2.95. The Kier molecular flexibility index (Phi) is 5.56. The maximum absolute atomic E-state index is 12.2. The Morgan fingerprint density at radius 2 is 2.17 bits per heavy atom. The van der Waals surface area contributed by atoms with Gasteiger partial charge in [-0.15, -0.1) is 10.2 Å². The molecule has 2 amide bonds. The van der Waals surface area contributed by atoms with Gasteiger partial charge in [0.05, 0.1) is 12.6 Å². The number of hydrogen-bond donors (Lipinski definition) is 1. The Labute approximate surface area is 136 Å². The van der Waals surface area contributed by atoms with E-state index in [9.17, 15) is 4.79 Å². The Morgan fingerprint density at radius 1 is 1.43 bits per heavy atom. The predicted octanol–water partition coefficient (Wildman–Crippen LogP) is 1.90. The molecule has 1 aromatic carbocycles. The van der Waals surface area contributed by atoms with E-state index in [1.807, 2.05) is 45.2 Å². The Morgan fingerprint density at radius 3 is 2.83 bits per heavy atom. The third-order valence-corrected chi connectivity index (χ3v) is 3.60. The van der Waals surface area contributed by atoms with E-state index in [0.29, 0.717) is 19.0 Å². The Bertz CT molecular complexity index is 655. The lowest BCUT2D eigenvalue weighted by Gasteiger charge is -2.21. The number of benzene rings is 1. The zero-order valence-corrected chi connectivity index (χ0v) is 14.0. The van der Waals surface area contributed by atoms with Gasteiger partial charge in [-0.3, -0.25) is 0 Å². The second-order valence-corrected chi connectivity index (χ2v) is 5.51. The summed E-state index contributed by atoms with van der Waals surface area (Å²) < 4.78 is 7.49. The van der Waals surface area contributed by atoms with Crippen molar-refractivity contribution in [3.63, 3.8) is 0 Å². The lowest BCUT2D eigenvalue weighted by atomic mass is 10.2. The van der Waals surface area contributed by atoms with Gasteiger partial charge in [-0.2, -0.15) is 0 Å². The fraction of sp³-hybridized carbons (Fsp3) is 0.438. The standard InChI is InChI=1S/C16H23N5O2/c1-12-7-5-6-8-14(12)23-10-9-20(3)16(22)18-13(2)15-19-17-11-21(15)4/h5-8,11,13H,9-10H2,1-4H3,(H,18,22). The zero-order chi connectivity index (χ0) is 16.8. The molecule has 0 spiro atoms. The summed E-state index contributed by atoms with van der Waals surface area (Å²) in [4.78, 5) is 13.8. The summed E-state index contributed by atoms with van der Waals surface area (Å²) in [5, 5.41) is 10.7. The fourth-order valence-corrected chi connectivity index (χ4v) is 2.16. The minimum atomic E-state index is -0.213. The number of rotatable bonds is 6. The van der Waals surface area contributed by atoms with Gasteiger partial charge in [0.2, 0.25) is 0 Å². The number of aryl methyl sites for hydroxylation is 2. The number of amides is 2. The van der Waals surface area contributed by atoms with E-state index in [0.717, 1.165) is 11.3 Å². The quantitative estimate of drug-likeness (QED) is 0.883. The molecule has 0 saturated carbocycles. The monoisotopic (exact) mass is 317 g/mol. The molecule has 0 saturated heterocycles. The summed E-state index contributed by atoms with van der Waals surface area (Å²) >= 11 is 0. The van der Waals surface area contributed by atoms with Crippen molar-refractivity contribution in [3.8, 4) is 5.75 Å². The molecule has 124 valence electrons. The van der Waals surface area contributed by atoms with Gasteiger partial charge in [-0.25, -0.2) is 4.79 Å². The van der Waals surface area contributed by atoms with E-state index in [1.54, 1.807) is 22.8 Å². The smallest absolute Gasteiger partial charge is 0.317 e. The van der Waals surface area contributed by atoms with Crippen molar-refractivity contribution in [2.24, 2.45) is 7.05 Å². The number of ether oxygens (including phenoxy) is 1. The van der Waals surface area contributed by atoms with Gasteiger partial charge < -0.3 is 19.5 Å². The third-order valence-electron chi connectivity index (χ3n) is 3.60. The summed E-state index contributed by atoms with van der Waals surface area (Å²) in [6.45, 7) is 4.80. The number of nitrogens with one attached hydrogen (secondary N) is 1. The van der Waals surface area contributed by atoms with E-state index < -0.39 is 0 Å². The maximum atomic E-state index is 12.2. The van der Waals surface area contributed by atoms with Gasteiger partial charge in [0.15, 0.2) is 5.82 Å². The van der Waals surface area contributed by atoms with Crippen LogP contribution in [0.5, 0.6) is 5.75 Å². The largest absolute Gasteiger partial charge is 0.491 e. The number of likely N-dealkylation sites (N-methyl/N-ethyl adjacent to an activating group) is 1. The molecule has 0 aliphatic heterocycles. The first-order valence-electron chi connectivity index (χ1n) is 7.53. The first kappa shape index (κ1) is 16.8. The van der Waals surface area contributed by atoms with Crippen LogP contribution in [-0.4, -0.2) is 45.9 Å². The van der Waals surface area contributed by atoms with Crippen LogP contribution in [0.4, 0.5) is 4.79 Å². The number of carbonyl (C=O) groups excluding carboxylic acids is 1. The van der Waals surface area contributed by atoms with Crippen LogP contribution >= 0.6 is 0 Å². The van der Waals surface area contributed by atoms with Crippen LogP contribution in [0.25, 0.3) is 0 Å². The minimum absolute atomic E-state index is 0.172. The normalized spacial score (nSPS) is 11.8. The molecule has 1 unspecified atom stereocenters. The predicted molar refractivity (Wildman–Crippen MR) is 87.3 cm³/mol. The first-order chi connectivity index (χ1) is 11.0. The van der Waals surface area contributed by atoms with Crippen molar-refractivity contribution in [1.29, 1.82) is 0 Å². The lowest BCUT2D eigenvalue weighted by Crippen LogP contribution is -2.41. The number of aromatic nitrogens is 3. The van der Waals surface area contributed by atoms with Crippen molar-refractivity contribution >= 4 is 6.03 Å². The van der Waals surface area contributed by atoms with E-state index in [2.05, 4.69) is 15.5 Å². The lowest BCUT2D eigenvalue weighted by molar-refractivity contribution is 0.191. The number of nitrogens with zero attached hydrogens (tertiary/aromatic N) is 4. The van der Waals surface area contributed by atoms with Crippen molar-refractivity contribution in [1.82, 2.24) is 25.0 Å². The van der Waals surface area contributed by atoms with Gasteiger partial charge in [0.1, 0.15) is 18.7 Å². The number of para-hydroxylation sites is 1. The summed E-state index contributed by atoms with van der Waals surface area (Å²) in [5.74, 6) is 1.55. The second kappa shape index (κ2) is 7.62. The second-order valence-electron chi connectivity index (χ2n) is 5.51. The van der Waals surface area contributed by atoms with Gasteiger partial charge in [0, 0.05) is 14.1 Å². The highest BCUT2D eigenvalue weighted by molar-refractivity contribution is 5.74. The van der Waals surface area contributed by atoms with Crippen molar-refractivity contribution in [2.45, 2.75) is 19.9 Å². The average molecular weight is 317 g/mol. The third kappa shape index (κ3) is 4.45. The highest BCUT2D eigenvalue weighted by Gasteiger charge is 2.16. The molecule has 2 aromatic rings. The van der Waals surface area contributed by atoms with Gasteiger partial charge in [-0.05, 0) is 25.5 Å². The molecule has 2 rings (SSSR count). The fourth-order valence-electron chi connectivity index (χ4n) is 2.16. The van der Waals surface area contributed by atoms with Gasteiger partial charge in [-0.1, -0.05) is 18.2 Å². The summed E-state index contributed by atoms with van der Waals surface area (Å²) in [6.07, 6.45) is 1.61. The highest BCUT2D eigenvalue weighted by Crippen LogP contribution is 2.15. The van der Waals surface area contributed by atoms with Crippen LogP contribution in [0.3, 0.4) is 0 Å². The molecule has 23 heavy (non-hydrogen) atoms. The molecule has 0 fully saturated rings.